The van der Waals surface area contributed by atoms with Gasteiger partial charge in [0.25, 0.3) is 0 Å². The van der Waals surface area contributed by atoms with Gasteiger partial charge in [-0.1, -0.05) is 30.3 Å². The molecular formula is C19H25N5. The van der Waals surface area contributed by atoms with E-state index >= 15 is 0 Å². The van der Waals surface area contributed by atoms with Crippen LogP contribution in [-0.4, -0.2) is 25.4 Å². The highest BCUT2D eigenvalue weighted by atomic mass is 15.3. The second kappa shape index (κ2) is 7.45. The summed E-state index contributed by atoms with van der Waals surface area (Å²) in [7, 11) is 0. The molecule has 2 heterocycles. The molecule has 0 unspecified atom stereocenters. The van der Waals surface area contributed by atoms with E-state index in [1.54, 1.807) is 0 Å². The summed E-state index contributed by atoms with van der Waals surface area (Å²) in [6.45, 7) is 8.02. The summed E-state index contributed by atoms with van der Waals surface area (Å²) in [6.07, 6.45) is 7.88. The zero-order valence-corrected chi connectivity index (χ0v) is 14.6. The molecule has 3 aromatic rings. The second-order valence-corrected chi connectivity index (χ2v) is 6.36. The van der Waals surface area contributed by atoms with Crippen LogP contribution in [0.25, 0.3) is 0 Å². The summed E-state index contributed by atoms with van der Waals surface area (Å²) in [4.78, 5) is 4.50. The van der Waals surface area contributed by atoms with Gasteiger partial charge in [0.05, 0.1) is 18.8 Å². The standard InChI is InChI=1S/C19H25N5/c1-15-11-22-24(13-15)17(3)16(2)21-12-19-20-9-10-23(19)14-18-7-5-4-6-8-18/h4-11,13,16-17,21H,12,14H2,1-3H3/t16-,17+/m0/s1. The van der Waals surface area contributed by atoms with Gasteiger partial charge in [0.1, 0.15) is 5.82 Å². The number of imidazole rings is 1. The van der Waals surface area contributed by atoms with Crippen LogP contribution >= 0.6 is 0 Å². The lowest BCUT2D eigenvalue weighted by atomic mass is 10.1. The van der Waals surface area contributed by atoms with Crippen molar-refractivity contribution in [1.29, 1.82) is 0 Å². The van der Waals surface area contributed by atoms with Crippen molar-refractivity contribution in [2.75, 3.05) is 0 Å². The topological polar surface area (TPSA) is 47.7 Å². The lowest BCUT2D eigenvalue weighted by Crippen LogP contribution is -2.34. The molecule has 1 N–H and O–H groups in total. The number of benzene rings is 1. The molecular weight excluding hydrogens is 298 g/mol. The molecule has 0 saturated carbocycles. The summed E-state index contributed by atoms with van der Waals surface area (Å²) >= 11 is 0. The third-order valence-corrected chi connectivity index (χ3v) is 4.45. The maximum atomic E-state index is 4.50. The molecule has 0 bridgehead atoms. The van der Waals surface area contributed by atoms with E-state index in [2.05, 4.69) is 71.2 Å². The Morgan fingerprint density at radius 1 is 1.17 bits per heavy atom. The third-order valence-electron chi connectivity index (χ3n) is 4.45. The molecule has 0 aliphatic carbocycles. The minimum Gasteiger partial charge on any atom is -0.329 e. The lowest BCUT2D eigenvalue weighted by molar-refractivity contribution is 0.360. The van der Waals surface area contributed by atoms with Crippen LogP contribution in [-0.2, 0) is 13.1 Å². The Labute approximate surface area is 143 Å². The van der Waals surface area contributed by atoms with Gasteiger partial charge in [0.2, 0.25) is 0 Å². The first-order valence-corrected chi connectivity index (χ1v) is 8.41. The van der Waals surface area contributed by atoms with Crippen molar-refractivity contribution >= 4 is 0 Å². The van der Waals surface area contributed by atoms with Gasteiger partial charge in [0.15, 0.2) is 0 Å². The van der Waals surface area contributed by atoms with Crippen LogP contribution in [0.3, 0.4) is 0 Å². The number of nitrogens with zero attached hydrogens (tertiary/aromatic N) is 4. The first-order chi connectivity index (χ1) is 11.6. The fraction of sp³-hybridized carbons (Fsp3) is 0.368. The van der Waals surface area contributed by atoms with Crippen molar-refractivity contribution in [3.05, 3.63) is 72.1 Å². The first-order valence-electron chi connectivity index (χ1n) is 8.41. The van der Waals surface area contributed by atoms with Crippen LogP contribution in [0.2, 0.25) is 0 Å². The molecule has 0 aliphatic rings. The van der Waals surface area contributed by atoms with Gasteiger partial charge in [-0.3, -0.25) is 4.68 Å². The summed E-state index contributed by atoms with van der Waals surface area (Å²) in [6, 6.07) is 11.0. The van der Waals surface area contributed by atoms with Crippen molar-refractivity contribution < 1.29 is 0 Å². The monoisotopic (exact) mass is 323 g/mol. The van der Waals surface area contributed by atoms with E-state index < -0.39 is 0 Å². The minimum atomic E-state index is 0.288. The van der Waals surface area contributed by atoms with Crippen molar-refractivity contribution in [3.8, 4) is 0 Å². The van der Waals surface area contributed by atoms with E-state index in [-0.39, 0.29) is 6.04 Å². The molecule has 0 amide bonds. The summed E-state index contributed by atoms with van der Waals surface area (Å²) < 4.78 is 4.21. The largest absolute Gasteiger partial charge is 0.329 e. The third kappa shape index (κ3) is 3.92. The van der Waals surface area contributed by atoms with E-state index in [9.17, 15) is 0 Å². The molecule has 0 radical (unpaired) electrons. The predicted octanol–water partition coefficient (Wildman–Crippen LogP) is 3.18. The number of hydrogen-bond donors (Lipinski definition) is 1. The fourth-order valence-corrected chi connectivity index (χ4v) is 2.74. The van der Waals surface area contributed by atoms with Crippen LogP contribution in [0.15, 0.2) is 55.1 Å². The second-order valence-electron chi connectivity index (χ2n) is 6.36. The van der Waals surface area contributed by atoms with Crippen LogP contribution in [0.5, 0.6) is 0 Å². The average molecular weight is 323 g/mol. The molecule has 126 valence electrons. The average Bonchev–Trinajstić information content (AvgIpc) is 3.22. The molecule has 24 heavy (non-hydrogen) atoms. The number of aryl methyl sites for hydroxylation is 1. The number of rotatable bonds is 7. The maximum absolute atomic E-state index is 4.50. The van der Waals surface area contributed by atoms with Gasteiger partial charge in [-0.2, -0.15) is 5.10 Å². The Kier molecular flexibility index (Phi) is 5.11. The van der Waals surface area contributed by atoms with Gasteiger partial charge in [-0.15, -0.1) is 0 Å². The van der Waals surface area contributed by atoms with Crippen LogP contribution in [0.4, 0.5) is 0 Å². The van der Waals surface area contributed by atoms with Crippen LogP contribution in [0.1, 0.15) is 36.8 Å². The molecule has 0 aliphatic heterocycles. The van der Waals surface area contributed by atoms with Crippen LogP contribution < -0.4 is 5.32 Å². The summed E-state index contributed by atoms with van der Waals surface area (Å²) in [5.74, 6) is 1.05. The van der Waals surface area contributed by atoms with E-state index in [0.717, 1.165) is 18.9 Å². The van der Waals surface area contributed by atoms with Gasteiger partial charge in [-0.05, 0) is 31.9 Å². The van der Waals surface area contributed by atoms with Gasteiger partial charge >= 0.3 is 0 Å². The van der Waals surface area contributed by atoms with Gasteiger partial charge in [0, 0.05) is 31.2 Å². The van der Waals surface area contributed by atoms with Crippen molar-refractivity contribution in [2.45, 2.75) is 45.9 Å². The highest BCUT2D eigenvalue weighted by Crippen LogP contribution is 2.12. The zero-order chi connectivity index (χ0) is 16.9. The number of nitrogens with one attached hydrogen (secondary N) is 1. The Hall–Kier alpha value is -2.40. The van der Waals surface area contributed by atoms with Crippen LogP contribution in [0, 0.1) is 6.92 Å². The SMILES string of the molecule is Cc1cnn([C@H](C)[C@H](C)NCc2nccn2Cc2ccccc2)c1. The molecule has 0 saturated heterocycles. The number of hydrogen-bond acceptors (Lipinski definition) is 3. The maximum Gasteiger partial charge on any atom is 0.122 e. The smallest absolute Gasteiger partial charge is 0.122 e. The first kappa shape index (κ1) is 16.5. The summed E-state index contributed by atoms with van der Waals surface area (Å²) in [5, 5.41) is 7.99. The van der Waals surface area contributed by atoms with Gasteiger partial charge < -0.3 is 9.88 Å². The highest BCUT2D eigenvalue weighted by molar-refractivity contribution is 5.15. The Morgan fingerprint density at radius 3 is 2.67 bits per heavy atom. The van der Waals surface area contributed by atoms with E-state index in [4.69, 9.17) is 0 Å². The van der Waals surface area contributed by atoms with Crippen molar-refractivity contribution in [2.24, 2.45) is 0 Å². The summed E-state index contributed by atoms with van der Waals surface area (Å²) in [5.41, 5.74) is 2.47. The Balaban J connectivity index is 1.60. The normalized spacial score (nSPS) is 13.8. The quantitative estimate of drug-likeness (QED) is 0.726. The molecule has 0 fully saturated rings. The molecule has 0 spiro atoms. The van der Waals surface area contributed by atoms with Crippen molar-refractivity contribution in [3.63, 3.8) is 0 Å². The fourth-order valence-electron chi connectivity index (χ4n) is 2.74. The van der Waals surface area contributed by atoms with E-state index in [1.165, 1.54) is 11.1 Å². The van der Waals surface area contributed by atoms with Crippen molar-refractivity contribution in [1.82, 2.24) is 24.6 Å². The molecule has 2 atom stereocenters. The Bertz CT molecular complexity index is 759. The molecule has 5 nitrogen and oxygen atoms in total. The Morgan fingerprint density at radius 2 is 1.96 bits per heavy atom. The predicted molar refractivity (Wildman–Crippen MR) is 95.7 cm³/mol. The molecule has 5 heteroatoms. The van der Waals surface area contributed by atoms with Gasteiger partial charge in [-0.25, -0.2) is 4.98 Å². The molecule has 3 rings (SSSR count). The minimum absolute atomic E-state index is 0.288. The van der Waals surface area contributed by atoms with E-state index in [0.29, 0.717) is 6.04 Å². The number of aromatic nitrogens is 4. The molecule has 1 aromatic carbocycles. The molecule has 2 aromatic heterocycles. The highest BCUT2D eigenvalue weighted by Gasteiger charge is 2.15. The lowest BCUT2D eigenvalue weighted by Gasteiger charge is -2.22. The van der Waals surface area contributed by atoms with E-state index in [1.807, 2.05) is 29.3 Å². The zero-order valence-electron chi connectivity index (χ0n) is 14.6.